The van der Waals surface area contributed by atoms with Crippen molar-refractivity contribution in [2.75, 3.05) is 16.8 Å². The minimum absolute atomic E-state index is 0.0231. The number of hydrogen-bond donors (Lipinski definition) is 1. The Morgan fingerprint density at radius 3 is 2.67 bits per heavy atom. The highest BCUT2D eigenvalue weighted by molar-refractivity contribution is 7.91. The number of aryl methyl sites for hydroxylation is 1. The van der Waals surface area contributed by atoms with E-state index in [1.807, 2.05) is 0 Å². The first kappa shape index (κ1) is 19.2. The van der Waals surface area contributed by atoms with Crippen molar-refractivity contribution in [3.8, 4) is 0 Å². The minimum atomic E-state index is -3.10. The molecule has 3 aromatic rings. The van der Waals surface area contributed by atoms with E-state index >= 15 is 0 Å². The van der Waals surface area contributed by atoms with Crippen molar-refractivity contribution in [2.24, 2.45) is 0 Å². The van der Waals surface area contributed by atoms with Crippen molar-refractivity contribution >= 4 is 32.5 Å². The number of fused-ring (bicyclic) bond motifs is 1. The molecule has 1 atom stereocenters. The fourth-order valence-corrected chi connectivity index (χ4v) is 5.77. The van der Waals surface area contributed by atoms with E-state index in [1.54, 1.807) is 29.8 Å². The maximum atomic E-state index is 14.1. The Morgan fingerprint density at radius 1 is 1.23 bits per heavy atom. The fourth-order valence-electron chi connectivity index (χ4n) is 4.07. The van der Waals surface area contributed by atoms with Crippen molar-refractivity contribution in [3.63, 3.8) is 0 Å². The lowest BCUT2D eigenvalue weighted by molar-refractivity contribution is 0.102. The molecule has 2 aromatic heterocycles. The second-order valence-electron chi connectivity index (χ2n) is 8.09. The van der Waals surface area contributed by atoms with Gasteiger partial charge in [-0.25, -0.2) is 22.5 Å². The molecule has 2 aliphatic rings. The molecule has 1 aliphatic carbocycles. The smallest absolute Gasteiger partial charge is 0.256 e. The van der Waals surface area contributed by atoms with Crippen LogP contribution in [0.25, 0.3) is 11.0 Å². The Bertz CT molecular complexity index is 1280. The molecule has 1 saturated carbocycles. The van der Waals surface area contributed by atoms with Crippen LogP contribution in [0.1, 0.15) is 53.0 Å². The van der Waals surface area contributed by atoms with Crippen molar-refractivity contribution in [2.45, 2.75) is 38.1 Å². The molecule has 9 heteroatoms. The molecule has 0 spiro atoms. The van der Waals surface area contributed by atoms with Gasteiger partial charge in [-0.15, -0.1) is 0 Å². The Balaban J connectivity index is 1.63. The Labute approximate surface area is 173 Å². The van der Waals surface area contributed by atoms with Crippen molar-refractivity contribution in [1.29, 1.82) is 0 Å². The molecule has 2 fully saturated rings. The zero-order valence-electron chi connectivity index (χ0n) is 16.4. The van der Waals surface area contributed by atoms with Gasteiger partial charge in [0.05, 0.1) is 39.9 Å². The monoisotopic (exact) mass is 428 g/mol. The molecule has 5 rings (SSSR count). The van der Waals surface area contributed by atoms with E-state index in [4.69, 9.17) is 4.98 Å². The van der Waals surface area contributed by atoms with Crippen LogP contribution in [0.3, 0.4) is 0 Å². The number of para-hydroxylation sites is 1. The molecule has 1 aliphatic heterocycles. The number of hydrogen-bond acceptors (Lipinski definition) is 5. The molecule has 3 heterocycles. The predicted molar refractivity (Wildman–Crippen MR) is 111 cm³/mol. The van der Waals surface area contributed by atoms with Crippen LogP contribution in [0, 0.1) is 12.7 Å². The SMILES string of the molecule is Cc1nn(C2CCS(=O)(=O)C2)c2nc(C3CC3)cc(C(=O)Nc3ccccc3F)c12. The molecule has 1 amide bonds. The second kappa shape index (κ2) is 6.87. The number of amides is 1. The molecular weight excluding hydrogens is 407 g/mol. The lowest BCUT2D eigenvalue weighted by Gasteiger charge is -2.12. The van der Waals surface area contributed by atoms with E-state index < -0.39 is 21.6 Å². The van der Waals surface area contributed by atoms with Crippen molar-refractivity contribution in [3.05, 3.63) is 53.1 Å². The topological polar surface area (TPSA) is 93.9 Å². The molecule has 1 unspecified atom stereocenters. The third kappa shape index (κ3) is 3.36. The van der Waals surface area contributed by atoms with Gasteiger partial charge < -0.3 is 5.32 Å². The van der Waals surface area contributed by atoms with Crippen LogP contribution in [0.5, 0.6) is 0 Å². The molecule has 1 saturated heterocycles. The van der Waals surface area contributed by atoms with E-state index in [2.05, 4.69) is 10.4 Å². The van der Waals surface area contributed by atoms with E-state index in [9.17, 15) is 17.6 Å². The number of nitrogens with one attached hydrogen (secondary N) is 1. The maximum Gasteiger partial charge on any atom is 0.256 e. The summed E-state index contributed by atoms with van der Waals surface area (Å²) in [7, 11) is -3.10. The Kier molecular flexibility index (Phi) is 4.39. The minimum Gasteiger partial charge on any atom is -0.319 e. The number of benzene rings is 1. The van der Waals surface area contributed by atoms with Gasteiger partial charge in [0.25, 0.3) is 5.91 Å². The number of carbonyl (C=O) groups is 1. The standard InChI is InChI=1S/C21H21FN4O3S/c1-12-19-15(21(27)24-17-5-3-2-4-16(17)22)10-18(13-6-7-13)23-20(19)26(25-12)14-8-9-30(28,29)11-14/h2-5,10,13-14H,6-9,11H2,1H3,(H,24,27). The summed E-state index contributed by atoms with van der Waals surface area (Å²) >= 11 is 0. The summed E-state index contributed by atoms with van der Waals surface area (Å²) in [5.74, 6) is -0.514. The van der Waals surface area contributed by atoms with Gasteiger partial charge in [-0.1, -0.05) is 12.1 Å². The molecule has 30 heavy (non-hydrogen) atoms. The van der Waals surface area contributed by atoms with E-state index in [0.29, 0.717) is 28.7 Å². The van der Waals surface area contributed by atoms with Crippen LogP contribution in [-0.2, 0) is 9.84 Å². The number of halogens is 1. The normalized spacial score (nSPS) is 20.5. The highest BCUT2D eigenvalue weighted by Gasteiger charge is 2.34. The van der Waals surface area contributed by atoms with Gasteiger partial charge in [0.2, 0.25) is 0 Å². The molecule has 0 radical (unpaired) electrons. The maximum absolute atomic E-state index is 14.1. The van der Waals surface area contributed by atoms with Crippen LogP contribution in [0.4, 0.5) is 10.1 Å². The van der Waals surface area contributed by atoms with E-state index in [-0.39, 0.29) is 29.2 Å². The summed E-state index contributed by atoms with van der Waals surface area (Å²) in [4.78, 5) is 17.9. The Morgan fingerprint density at radius 2 is 2.00 bits per heavy atom. The van der Waals surface area contributed by atoms with Gasteiger partial charge in [0.1, 0.15) is 5.82 Å². The number of rotatable bonds is 4. The summed E-state index contributed by atoms with van der Waals surface area (Å²) < 4.78 is 39.7. The quantitative estimate of drug-likeness (QED) is 0.688. The molecule has 156 valence electrons. The number of carbonyl (C=O) groups excluding carboxylic acids is 1. The van der Waals surface area contributed by atoms with Crippen LogP contribution in [0.2, 0.25) is 0 Å². The summed E-state index contributed by atoms with van der Waals surface area (Å²) in [6.07, 6.45) is 2.47. The van der Waals surface area contributed by atoms with Crippen LogP contribution in [-0.4, -0.2) is 40.6 Å². The van der Waals surface area contributed by atoms with Crippen LogP contribution >= 0.6 is 0 Å². The number of aromatic nitrogens is 3. The zero-order chi connectivity index (χ0) is 21.0. The van der Waals surface area contributed by atoms with E-state index in [0.717, 1.165) is 18.5 Å². The van der Waals surface area contributed by atoms with Gasteiger partial charge in [-0.05, 0) is 44.4 Å². The van der Waals surface area contributed by atoms with Gasteiger partial charge in [-0.2, -0.15) is 5.10 Å². The van der Waals surface area contributed by atoms with Crippen LogP contribution < -0.4 is 5.32 Å². The lowest BCUT2D eigenvalue weighted by atomic mass is 10.1. The van der Waals surface area contributed by atoms with Gasteiger partial charge >= 0.3 is 0 Å². The van der Waals surface area contributed by atoms with Gasteiger partial charge in [0.15, 0.2) is 15.5 Å². The molecule has 7 nitrogen and oxygen atoms in total. The number of pyridine rings is 1. The highest BCUT2D eigenvalue weighted by Crippen LogP contribution is 2.41. The van der Waals surface area contributed by atoms with Crippen molar-refractivity contribution < 1.29 is 17.6 Å². The lowest BCUT2D eigenvalue weighted by Crippen LogP contribution is -2.16. The molecular formula is C21H21FN4O3S. The van der Waals surface area contributed by atoms with Crippen LogP contribution in [0.15, 0.2) is 30.3 Å². The molecule has 1 N–H and O–H groups in total. The largest absolute Gasteiger partial charge is 0.319 e. The Hall–Kier alpha value is -2.81. The average Bonchev–Trinajstić information content (AvgIpc) is 3.42. The number of anilines is 1. The summed E-state index contributed by atoms with van der Waals surface area (Å²) in [6.45, 7) is 1.78. The molecule has 1 aromatic carbocycles. The zero-order valence-corrected chi connectivity index (χ0v) is 17.2. The first-order chi connectivity index (χ1) is 14.3. The fraction of sp³-hybridized carbons (Fsp3) is 0.381. The number of nitrogens with zero attached hydrogens (tertiary/aromatic N) is 3. The number of sulfone groups is 1. The van der Waals surface area contributed by atoms with Gasteiger partial charge in [-0.3, -0.25) is 4.79 Å². The first-order valence-corrected chi connectivity index (χ1v) is 11.8. The first-order valence-electron chi connectivity index (χ1n) is 9.98. The third-order valence-electron chi connectivity index (χ3n) is 5.77. The summed E-state index contributed by atoms with van der Waals surface area (Å²) in [6, 6.07) is 7.48. The van der Waals surface area contributed by atoms with Gasteiger partial charge in [0, 0.05) is 11.6 Å². The summed E-state index contributed by atoms with van der Waals surface area (Å²) in [5, 5.41) is 7.79. The average molecular weight is 428 g/mol. The summed E-state index contributed by atoms with van der Waals surface area (Å²) in [5.41, 5.74) is 2.41. The molecule has 0 bridgehead atoms. The highest BCUT2D eigenvalue weighted by atomic mass is 32.2. The second-order valence-corrected chi connectivity index (χ2v) is 10.3. The predicted octanol–water partition coefficient (Wildman–Crippen LogP) is 3.37. The third-order valence-corrected chi connectivity index (χ3v) is 7.52. The van der Waals surface area contributed by atoms with Crippen molar-refractivity contribution in [1.82, 2.24) is 14.8 Å². The van der Waals surface area contributed by atoms with E-state index in [1.165, 1.54) is 12.1 Å².